The molecule has 0 bridgehead atoms. The molecule has 15 rings (SSSR count). The topological polar surface area (TPSA) is 236 Å². The van der Waals surface area contributed by atoms with Crippen molar-refractivity contribution in [1.82, 2.24) is 36.5 Å². The fourth-order valence-electron chi connectivity index (χ4n) is 12.3. The molecule has 8 amide bonds. The van der Waals surface area contributed by atoms with E-state index in [0.717, 1.165) is 118 Å². The molecule has 6 aliphatic rings. The number of amides is 8. The summed E-state index contributed by atoms with van der Waals surface area (Å²) in [4.78, 5) is 114. The van der Waals surface area contributed by atoms with Gasteiger partial charge < -0.3 is 24.9 Å². The summed E-state index contributed by atoms with van der Waals surface area (Å²) in [5.41, 5.74) is 22.1. The van der Waals surface area contributed by atoms with Crippen molar-refractivity contribution in [3.8, 4) is 11.3 Å². The van der Waals surface area contributed by atoms with Gasteiger partial charge in [0.1, 0.15) is 22.3 Å². The number of carbonyl (C=O) groups is 8. The minimum absolute atomic E-state index is 0.110. The summed E-state index contributed by atoms with van der Waals surface area (Å²) in [6.07, 6.45) is 11.8. The van der Waals surface area contributed by atoms with Crippen LogP contribution < -0.4 is 56.9 Å². The lowest BCUT2D eigenvalue weighted by molar-refractivity contribution is -0.118. The number of nitrogens with zero attached hydrogens (tertiary/aromatic N) is 9. The first-order chi connectivity index (χ1) is 52.7. The highest BCUT2D eigenvalue weighted by atomic mass is 127. The summed E-state index contributed by atoms with van der Waals surface area (Å²) in [5.74, 6) is -2.94. The molecule has 0 aliphatic carbocycles. The maximum absolute atomic E-state index is 12.9. The van der Waals surface area contributed by atoms with Crippen LogP contribution in [0.15, 0.2) is 241 Å². The highest BCUT2D eigenvalue weighted by Gasteiger charge is 2.38. The largest absolute Gasteiger partial charge is 0.385 e. The zero-order valence-corrected chi connectivity index (χ0v) is 68.3. The first kappa shape index (κ1) is 78.5. The predicted octanol–water partition coefficient (Wildman–Crippen LogP) is 12.8. The van der Waals surface area contributed by atoms with E-state index >= 15 is 0 Å². The number of pyridine rings is 1. The Morgan fingerprint density at radius 2 is 0.771 bits per heavy atom. The number of likely N-dealkylation sites (N-methyl/N-ethyl adjacent to an activating group) is 1. The smallest absolute Gasteiger partial charge is 0.282 e. The molecule has 7 heterocycles. The average molecular weight is 1910 g/mol. The van der Waals surface area contributed by atoms with E-state index in [2.05, 4.69) is 163 Å². The van der Waals surface area contributed by atoms with Gasteiger partial charge in [-0.1, -0.05) is 72.8 Å². The van der Waals surface area contributed by atoms with E-state index in [1.165, 1.54) is 38.6 Å². The Labute approximate surface area is 686 Å². The van der Waals surface area contributed by atoms with Gasteiger partial charge in [0.25, 0.3) is 47.3 Å². The zero-order valence-electron chi connectivity index (χ0n) is 59.7. The molecule has 26 heteroatoms. The van der Waals surface area contributed by atoms with Crippen LogP contribution in [0, 0.1) is 14.3 Å². The number of aromatic nitrogens is 1. The van der Waals surface area contributed by atoms with Gasteiger partial charge in [0.05, 0.1) is 28.4 Å². The van der Waals surface area contributed by atoms with Crippen LogP contribution in [0.25, 0.3) is 35.6 Å². The Morgan fingerprint density at radius 3 is 1.17 bits per heavy atom. The number of halogens is 4. The first-order valence-electron chi connectivity index (χ1n) is 35.1. The number of nitrogens with one attached hydrogen (secondary N) is 5. The molecule has 0 atom stereocenters. The van der Waals surface area contributed by atoms with Crippen molar-refractivity contribution < 1.29 is 38.4 Å². The number of hydrogen-bond donors (Lipinski definition) is 5. The van der Waals surface area contributed by atoms with Crippen LogP contribution in [0.2, 0.25) is 0 Å². The number of carbonyl (C=O) groups excluding carboxylic acids is 8. The van der Waals surface area contributed by atoms with Crippen molar-refractivity contribution in [2.24, 2.45) is 0 Å². The van der Waals surface area contributed by atoms with Crippen molar-refractivity contribution in [1.29, 1.82) is 0 Å². The van der Waals surface area contributed by atoms with E-state index in [1.54, 1.807) is 54.8 Å². The van der Waals surface area contributed by atoms with Gasteiger partial charge in [-0.05, 0) is 323 Å². The van der Waals surface area contributed by atoms with Gasteiger partial charge in [0.15, 0.2) is 0 Å². The molecule has 0 spiro atoms. The maximum Gasteiger partial charge on any atom is 0.282 e. The minimum atomic E-state index is -0.410. The van der Waals surface area contributed by atoms with Crippen molar-refractivity contribution in [3.63, 3.8) is 0 Å². The SMILES string of the molecule is CN(C)CCCNc1ccc(C=C2C(=O)NN(c3ccc(I)cc3)C2=O)cc1.CN1CCN(c2ccccc2C=C2C(=O)NN(c3ccc(I)cc3)C2=O)CC1.O=C1NN(c2ccc(I)cc2)C(=O)C1=Cc1ccc(-c2ccccn2)cc1.O=C1NN(c2ccc(I)cc2)C(=O)C1=Cc1ccc(N2CCCC2)cc1. The van der Waals surface area contributed by atoms with Gasteiger partial charge in [-0.3, -0.25) is 65.0 Å². The molecular weight excluding hydrogens is 1830 g/mol. The van der Waals surface area contributed by atoms with E-state index in [1.807, 2.05) is 188 Å². The fraction of sp³-hybridized carbons (Fsp3) is 0.169. The molecule has 6 fully saturated rings. The van der Waals surface area contributed by atoms with Crippen LogP contribution in [-0.4, -0.2) is 136 Å². The normalized spacial score (nSPS) is 17.2. The Morgan fingerprint density at radius 1 is 0.404 bits per heavy atom. The molecule has 0 saturated carbocycles. The minimum Gasteiger partial charge on any atom is -0.385 e. The van der Waals surface area contributed by atoms with Crippen LogP contribution in [0.4, 0.5) is 39.8 Å². The summed E-state index contributed by atoms with van der Waals surface area (Å²) in [7, 11) is 6.23. The molecule has 109 heavy (non-hydrogen) atoms. The lowest BCUT2D eigenvalue weighted by atomic mass is 10.1. The summed E-state index contributed by atoms with van der Waals surface area (Å²) in [6.45, 7) is 7.93. The number of piperazine rings is 1. The van der Waals surface area contributed by atoms with Gasteiger partial charge >= 0.3 is 0 Å². The lowest BCUT2D eigenvalue weighted by Gasteiger charge is -2.34. The summed E-state index contributed by atoms with van der Waals surface area (Å²) in [5, 5.41) is 8.52. The molecule has 1 aromatic heterocycles. The van der Waals surface area contributed by atoms with E-state index < -0.39 is 11.8 Å². The Kier molecular flexibility index (Phi) is 26.5. The second kappa shape index (κ2) is 36.8. The van der Waals surface area contributed by atoms with E-state index in [4.69, 9.17) is 0 Å². The first-order valence-corrected chi connectivity index (χ1v) is 39.4. The van der Waals surface area contributed by atoms with Crippen LogP contribution in [0.5, 0.6) is 0 Å². The number of rotatable bonds is 16. The summed E-state index contributed by atoms with van der Waals surface area (Å²) in [6, 6.07) is 66.5. The fourth-order valence-corrected chi connectivity index (χ4v) is 13.7. The molecule has 22 nitrogen and oxygen atoms in total. The number of benzene rings is 8. The van der Waals surface area contributed by atoms with Crippen molar-refractivity contribution >= 4 is 202 Å². The molecule has 6 aliphatic heterocycles. The number of anilines is 7. The van der Waals surface area contributed by atoms with Crippen molar-refractivity contribution in [3.05, 3.63) is 277 Å². The molecule has 554 valence electrons. The molecule has 9 aromatic rings. The number of hydrazine groups is 4. The van der Waals surface area contributed by atoms with Crippen molar-refractivity contribution in [2.75, 3.05) is 109 Å². The van der Waals surface area contributed by atoms with E-state index in [0.29, 0.717) is 22.7 Å². The Balaban J connectivity index is 0.000000136. The molecule has 6 saturated heterocycles. The summed E-state index contributed by atoms with van der Waals surface area (Å²) < 4.78 is 4.25. The van der Waals surface area contributed by atoms with Gasteiger partial charge in [0, 0.05) is 88.9 Å². The van der Waals surface area contributed by atoms with Gasteiger partial charge in [-0.15, -0.1) is 0 Å². The van der Waals surface area contributed by atoms with Gasteiger partial charge in [0.2, 0.25) is 0 Å². The van der Waals surface area contributed by atoms with Gasteiger partial charge in [-0.25, -0.2) is 20.0 Å². The standard InChI is InChI=1S/C21H21IN4O2.C21H23IN4O2.C21H14IN3O2.C20H18IN3O2/c1-24-10-12-25(13-11-24)19-5-3-2-4-15(19)14-18-20(27)23-26(21(18)28)17-8-6-16(22)7-9-17;1-25(2)13-3-12-23-17-8-4-15(5-9-17)14-19-20(27)24-26(21(19)28)18-10-6-16(22)7-11-18;22-16-8-10-17(11-9-16)25-21(27)18(20(26)24-25)13-14-4-6-15(7-5-14)19-3-1-2-12-23-19;21-15-5-9-17(10-6-15)24-20(26)18(19(25)22-24)13-14-3-7-16(8-4-14)23-11-1-2-12-23/h2-9,14H,10-13H2,1H3,(H,23,27);4-11,14,23H,3,12-13H2,1-2H3,(H,24,27);1-13H,(H,24,26);3-10,13H,1-2,11-12H2,(H,22,25). The third-order valence-corrected chi connectivity index (χ3v) is 21.1. The van der Waals surface area contributed by atoms with Crippen LogP contribution in [0.3, 0.4) is 0 Å². The third-order valence-electron chi connectivity index (χ3n) is 18.2. The second-order valence-corrected chi connectivity index (χ2v) is 31.1. The molecule has 5 N–H and O–H groups in total. The quantitative estimate of drug-likeness (QED) is 0.0262. The highest BCUT2D eigenvalue weighted by molar-refractivity contribution is 14.1. The second-order valence-electron chi connectivity index (χ2n) is 26.1. The average Bonchev–Trinajstić information content (AvgIpc) is 1.62. The highest BCUT2D eigenvalue weighted by Crippen LogP contribution is 2.31. The molecule has 0 unspecified atom stereocenters. The molecular formula is C83H76I4N14O8. The van der Waals surface area contributed by atoms with Gasteiger partial charge in [-0.2, -0.15) is 0 Å². The number of hydrogen-bond acceptors (Lipinski definition) is 14. The van der Waals surface area contributed by atoms with Crippen molar-refractivity contribution in [2.45, 2.75) is 19.3 Å². The molecule has 8 aromatic carbocycles. The van der Waals surface area contributed by atoms with E-state index in [9.17, 15) is 38.4 Å². The number of para-hydroxylation sites is 1. The predicted molar refractivity (Wildman–Crippen MR) is 463 cm³/mol. The lowest BCUT2D eigenvalue weighted by Crippen LogP contribution is -2.44. The Bertz CT molecular complexity index is 4960. The molecule has 0 radical (unpaired) electrons. The van der Waals surface area contributed by atoms with E-state index in [-0.39, 0.29) is 57.7 Å². The third kappa shape index (κ3) is 20.2. The maximum atomic E-state index is 12.9. The monoisotopic (exact) mass is 1900 g/mol. The van der Waals surface area contributed by atoms with Crippen LogP contribution in [0.1, 0.15) is 41.5 Å². The van der Waals surface area contributed by atoms with Crippen LogP contribution in [-0.2, 0) is 38.4 Å². The van der Waals surface area contributed by atoms with Crippen LogP contribution >= 0.6 is 90.4 Å². The zero-order chi connectivity index (χ0) is 76.7. The summed E-state index contributed by atoms with van der Waals surface area (Å²) >= 11 is 8.79. The Hall–Kier alpha value is -10.1.